The van der Waals surface area contributed by atoms with E-state index < -0.39 is 11.7 Å². The summed E-state index contributed by atoms with van der Waals surface area (Å²) in [5, 5.41) is 3.32. The molecule has 108 valence electrons. The van der Waals surface area contributed by atoms with Gasteiger partial charge in [0.05, 0.1) is 5.56 Å². The summed E-state index contributed by atoms with van der Waals surface area (Å²) in [7, 11) is 0. The molecule has 0 saturated carbocycles. The predicted octanol–water partition coefficient (Wildman–Crippen LogP) is 5.20. The lowest BCUT2D eigenvalue weighted by molar-refractivity contribution is -0.137. The van der Waals surface area contributed by atoms with Crippen LogP contribution in [0.4, 0.5) is 13.2 Å². The fourth-order valence-electron chi connectivity index (χ4n) is 1.76. The summed E-state index contributed by atoms with van der Waals surface area (Å²) in [6.07, 6.45) is -4.37. The molecule has 0 saturated heterocycles. The second-order valence-electron chi connectivity index (χ2n) is 4.24. The summed E-state index contributed by atoms with van der Waals surface area (Å²) in [5.74, 6) is 0. The van der Waals surface area contributed by atoms with Crippen LogP contribution >= 0.6 is 22.9 Å². The van der Waals surface area contributed by atoms with Gasteiger partial charge in [-0.2, -0.15) is 13.2 Å². The van der Waals surface area contributed by atoms with E-state index in [2.05, 4.69) is 5.32 Å². The lowest BCUT2D eigenvalue weighted by Crippen LogP contribution is -2.10. The molecule has 2 aromatic rings. The van der Waals surface area contributed by atoms with E-state index in [0.29, 0.717) is 5.56 Å². The molecule has 0 aliphatic heterocycles. The van der Waals surface area contributed by atoms with Gasteiger partial charge < -0.3 is 5.32 Å². The first-order valence-corrected chi connectivity index (χ1v) is 7.28. The largest absolute Gasteiger partial charge is 0.416 e. The van der Waals surface area contributed by atoms with E-state index in [1.54, 1.807) is 0 Å². The Morgan fingerprint density at radius 1 is 1.20 bits per heavy atom. The van der Waals surface area contributed by atoms with E-state index in [4.69, 9.17) is 11.6 Å². The molecule has 0 amide bonds. The van der Waals surface area contributed by atoms with E-state index in [1.807, 2.05) is 19.1 Å². The Morgan fingerprint density at radius 3 is 2.55 bits per heavy atom. The maximum absolute atomic E-state index is 12.6. The zero-order valence-corrected chi connectivity index (χ0v) is 12.3. The van der Waals surface area contributed by atoms with Crippen molar-refractivity contribution in [2.24, 2.45) is 0 Å². The van der Waals surface area contributed by atoms with Crippen LogP contribution < -0.4 is 5.32 Å². The highest BCUT2D eigenvalue weighted by Gasteiger charge is 2.31. The number of alkyl halides is 3. The van der Waals surface area contributed by atoms with Crippen molar-refractivity contribution in [3.8, 4) is 10.4 Å². The zero-order valence-electron chi connectivity index (χ0n) is 10.7. The van der Waals surface area contributed by atoms with Crippen LogP contribution in [0.2, 0.25) is 5.02 Å². The lowest BCUT2D eigenvalue weighted by Gasteiger charge is -2.09. The Bertz CT molecular complexity index is 592. The summed E-state index contributed by atoms with van der Waals surface area (Å²) in [6, 6.07) is 7.29. The van der Waals surface area contributed by atoms with E-state index >= 15 is 0 Å². The summed E-state index contributed by atoms with van der Waals surface area (Å²) in [4.78, 5) is 1.99. The molecular formula is C14H13ClF3NS. The van der Waals surface area contributed by atoms with Gasteiger partial charge in [0.15, 0.2) is 0 Å². The van der Waals surface area contributed by atoms with Crippen molar-refractivity contribution in [3.63, 3.8) is 0 Å². The predicted molar refractivity (Wildman–Crippen MR) is 77.1 cm³/mol. The van der Waals surface area contributed by atoms with Crippen LogP contribution in [0.1, 0.15) is 17.4 Å². The zero-order chi connectivity index (χ0) is 14.8. The molecule has 0 atom stereocenters. The third-order valence-electron chi connectivity index (χ3n) is 2.77. The molecular weight excluding hydrogens is 307 g/mol. The van der Waals surface area contributed by atoms with Gasteiger partial charge in [0, 0.05) is 26.9 Å². The molecule has 0 radical (unpaired) electrons. The molecule has 1 heterocycles. The molecule has 0 bridgehead atoms. The Labute approximate surface area is 124 Å². The van der Waals surface area contributed by atoms with E-state index in [1.165, 1.54) is 17.4 Å². The van der Waals surface area contributed by atoms with E-state index in [0.717, 1.165) is 35.0 Å². The van der Waals surface area contributed by atoms with Crippen molar-refractivity contribution in [2.45, 2.75) is 19.6 Å². The molecule has 0 spiro atoms. The number of hydrogen-bond donors (Lipinski definition) is 1. The minimum Gasteiger partial charge on any atom is -0.312 e. The molecule has 0 unspecified atom stereocenters. The van der Waals surface area contributed by atoms with Gasteiger partial charge in [0.2, 0.25) is 0 Å². The molecule has 0 fully saturated rings. The summed E-state index contributed by atoms with van der Waals surface area (Å²) < 4.78 is 37.7. The van der Waals surface area contributed by atoms with Gasteiger partial charge in [-0.3, -0.25) is 0 Å². The van der Waals surface area contributed by atoms with E-state index in [9.17, 15) is 13.2 Å². The van der Waals surface area contributed by atoms with Crippen LogP contribution in [0.3, 0.4) is 0 Å². The summed E-state index contributed by atoms with van der Waals surface area (Å²) >= 11 is 7.50. The van der Waals surface area contributed by atoms with Crippen LogP contribution in [0.5, 0.6) is 0 Å². The Kier molecular flexibility index (Phi) is 4.73. The molecule has 1 aromatic carbocycles. The molecule has 1 N–H and O–H groups in total. The highest BCUT2D eigenvalue weighted by atomic mass is 35.5. The molecule has 0 aliphatic carbocycles. The van der Waals surface area contributed by atoms with Gasteiger partial charge in [0.1, 0.15) is 0 Å². The Morgan fingerprint density at radius 2 is 1.95 bits per heavy atom. The van der Waals surface area contributed by atoms with Crippen molar-refractivity contribution in [2.75, 3.05) is 6.54 Å². The molecule has 6 heteroatoms. The monoisotopic (exact) mass is 319 g/mol. The number of thiophene rings is 1. The first-order valence-electron chi connectivity index (χ1n) is 6.08. The van der Waals surface area contributed by atoms with Gasteiger partial charge >= 0.3 is 6.18 Å². The number of nitrogens with one attached hydrogen (secondary N) is 1. The Balaban J connectivity index is 2.27. The van der Waals surface area contributed by atoms with Crippen molar-refractivity contribution < 1.29 is 13.2 Å². The van der Waals surface area contributed by atoms with Crippen LogP contribution in [0.25, 0.3) is 10.4 Å². The highest BCUT2D eigenvalue weighted by Crippen LogP contribution is 2.37. The minimum atomic E-state index is -4.37. The summed E-state index contributed by atoms with van der Waals surface area (Å²) in [6.45, 7) is 3.63. The average Bonchev–Trinajstić information content (AvgIpc) is 2.83. The first kappa shape index (κ1) is 15.4. The molecule has 2 rings (SSSR count). The molecule has 20 heavy (non-hydrogen) atoms. The third kappa shape index (κ3) is 3.53. The van der Waals surface area contributed by atoms with Crippen LogP contribution in [-0.4, -0.2) is 6.54 Å². The normalized spacial score (nSPS) is 11.8. The van der Waals surface area contributed by atoms with Crippen molar-refractivity contribution >= 4 is 22.9 Å². The quantitative estimate of drug-likeness (QED) is 0.817. The average molecular weight is 320 g/mol. The van der Waals surface area contributed by atoms with Gasteiger partial charge in [0.25, 0.3) is 0 Å². The number of rotatable bonds is 4. The van der Waals surface area contributed by atoms with Gasteiger partial charge in [-0.05, 0) is 30.8 Å². The van der Waals surface area contributed by atoms with Crippen molar-refractivity contribution in [1.82, 2.24) is 5.32 Å². The number of benzene rings is 1. The topological polar surface area (TPSA) is 12.0 Å². The smallest absolute Gasteiger partial charge is 0.312 e. The van der Waals surface area contributed by atoms with Gasteiger partial charge in [-0.1, -0.05) is 24.6 Å². The number of halogens is 4. The minimum absolute atomic E-state index is 0.122. The Hall–Kier alpha value is -1.04. The SMILES string of the molecule is CCNCc1ccc(-c2ccc(C(F)(F)F)cc2Cl)s1. The van der Waals surface area contributed by atoms with Gasteiger partial charge in [-0.15, -0.1) is 11.3 Å². The molecule has 1 aromatic heterocycles. The van der Waals surface area contributed by atoms with Crippen LogP contribution in [0, 0.1) is 0 Å². The second kappa shape index (κ2) is 6.16. The number of hydrogen-bond acceptors (Lipinski definition) is 2. The van der Waals surface area contributed by atoms with E-state index in [-0.39, 0.29) is 5.02 Å². The van der Waals surface area contributed by atoms with Gasteiger partial charge in [-0.25, -0.2) is 0 Å². The fourth-order valence-corrected chi connectivity index (χ4v) is 3.11. The third-order valence-corrected chi connectivity index (χ3v) is 4.20. The highest BCUT2D eigenvalue weighted by molar-refractivity contribution is 7.15. The lowest BCUT2D eigenvalue weighted by atomic mass is 10.1. The van der Waals surface area contributed by atoms with Crippen molar-refractivity contribution in [1.29, 1.82) is 0 Å². The maximum atomic E-state index is 12.6. The van der Waals surface area contributed by atoms with Crippen molar-refractivity contribution in [3.05, 3.63) is 45.8 Å². The summed E-state index contributed by atoms with van der Waals surface area (Å²) in [5.41, 5.74) is -0.0944. The van der Waals surface area contributed by atoms with Crippen LogP contribution in [-0.2, 0) is 12.7 Å². The first-order chi connectivity index (χ1) is 9.41. The molecule has 1 nitrogen and oxygen atoms in total. The fraction of sp³-hybridized carbons (Fsp3) is 0.286. The molecule has 0 aliphatic rings. The van der Waals surface area contributed by atoms with Crippen LogP contribution in [0.15, 0.2) is 30.3 Å². The maximum Gasteiger partial charge on any atom is 0.416 e. The second-order valence-corrected chi connectivity index (χ2v) is 5.81. The standard InChI is InChI=1S/C14H13ClF3NS/c1-2-19-8-10-4-6-13(20-10)11-5-3-9(7-12(11)15)14(16,17)18/h3-7,19H,2,8H2,1H3.